The number of rotatable bonds is 6. The molecule has 2 nitrogen and oxygen atoms in total. The Morgan fingerprint density at radius 3 is 1.65 bits per heavy atom. The van der Waals surface area contributed by atoms with Gasteiger partial charge in [-0.05, 0) is 127 Å². The molecule has 0 amide bonds. The number of furan rings is 1. The molecule has 2 heteroatoms. The second kappa shape index (κ2) is 13.4. The van der Waals surface area contributed by atoms with Crippen LogP contribution in [-0.4, -0.2) is 0 Å². The SMILES string of the molecule is Cc1c(-c2cccc(N(c3ccc(-c4ccc5c(ccc6ccccc65)c4)cc3)c3ccc(-c4cc5ccccc5c5ccccc45)cc3)c2)oc2ccccc12. The molecule has 0 bridgehead atoms. The van der Waals surface area contributed by atoms with E-state index in [1.54, 1.807) is 0 Å². The highest BCUT2D eigenvalue weighted by Gasteiger charge is 2.18. The van der Waals surface area contributed by atoms with Crippen LogP contribution >= 0.6 is 0 Å². The van der Waals surface area contributed by atoms with Gasteiger partial charge in [0.05, 0.1) is 0 Å². The van der Waals surface area contributed by atoms with Crippen molar-refractivity contribution in [2.24, 2.45) is 0 Å². The average molecular weight is 728 g/mol. The number of nitrogens with zero attached hydrogens (tertiary/aromatic N) is 1. The van der Waals surface area contributed by atoms with Crippen molar-refractivity contribution >= 4 is 71.1 Å². The molecule has 0 aliphatic rings. The number of aryl methyl sites for hydroxylation is 1. The van der Waals surface area contributed by atoms with Crippen LogP contribution in [0.4, 0.5) is 17.1 Å². The fourth-order valence-corrected chi connectivity index (χ4v) is 8.76. The van der Waals surface area contributed by atoms with Crippen LogP contribution in [-0.2, 0) is 0 Å². The van der Waals surface area contributed by atoms with Gasteiger partial charge in [-0.2, -0.15) is 0 Å². The molecule has 0 spiro atoms. The second-order valence-electron chi connectivity index (χ2n) is 14.9. The third kappa shape index (κ3) is 5.65. The Morgan fingerprint density at radius 2 is 0.895 bits per heavy atom. The van der Waals surface area contributed by atoms with Crippen molar-refractivity contribution in [3.63, 3.8) is 0 Å². The molecule has 0 radical (unpaired) electrons. The van der Waals surface area contributed by atoms with Crippen LogP contribution in [0.1, 0.15) is 5.56 Å². The van der Waals surface area contributed by atoms with E-state index in [2.05, 4.69) is 206 Å². The van der Waals surface area contributed by atoms with Crippen LogP contribution in [0, 0.1) is 6.92 Å². The van der Waals surface area contributed by atoms with Gasteiger partial charge in [-0.1, -0.05) is 152 Å². The van der Waals surface area contributed by atoms with Crippen molar-refractivity contribution in [1.29, 1.82) is 0 Å². The zero-order valence-electron chi connectivity index (χ0n) is 31.5. The van der Waals surface area contributed by atoms with Crippen LogP contribution in [0.3, 0.4) is 0 Å². The first-order valence-electron chi connectivity index (χ1n) is 19.6. The van der Waals surface area contributed by atoms with E-state index in [1.807, 2.05) is 12.1 Å². The third-order valence-corrected chi connectivity index (χ3v) is 11.6. The predicted octanol–water partition coefficient (Wildman–Crippen LogP) is 15.8. The number of anilines is 3. The van der Waals surface area contributed by atoms with Gasteiger partial charge in [0.15, 0.2) is 0 Å². The topological polar surface area (TPSA) is 16.4 Å². The molecule has 0 aliphatic heterocycles. The van der Waals surface area contributed by atoms with Crippen molar-refractivity contribution in [3.8, 4) is 33.6 Å². The fraction of sp³-hybridized carbons (Fsp3) is 0.0182. The molecule has 57 heavy (non-hydrogen) atoms. The minimum absolute atomic E-state index is 0.899. The van der Waals surface area contributed by atoms with Gasteiger partial charge in [-0.25, -0.2) is 0 Å². The third-order valence-electron chi connectivity index (χ3n) is 11.6. The molecule has 11 aromatic rings. The molecular formula is C55H37NO. The van der Waals surface area contributed by atoms with Gasteiger partial charge in [-0.15, -0.1) is 0 Å². The molecule has 0 unspecified atom stereocenters. The van der Waals surface area contributed by atoms with Gasteiger partial charge in [0.1, 0.15) is 11.3 Å². The zero-order valence-corrected chi connectivity index (χ0v) is 31.5. The lowest BCUT2D eigenvalue weighted by Gasteiger charge is -2.26. The Balaban J connectivity index is 1.02. The summed E-state index contributed by atoms with van der Waals surface area (Å²) in [5.74, 6) is 0.899. The van der Waals surface area contributed by atoms with E-state index in [9.17, 15) is 0 Å². The number of benzene rings is 10. The summed E-state index contributed by atoms with van der Waals surface area (Å²) in [6.45, 7) is 2.15. The summed E-state index contributed by atoms with van der Waals surface area (Å²) in [7, 11) is 0. The summed E-state index contributed by atoms with van der Waals surface area (Å²) in [6.07, 6.45) is 0. The summed E-state index contributed by atoms with van der Waals surface area (Å²) in [4.78, 5) is 2.35. The van der Waals surface area contributed by atoms with E-state index in [4.69, 9.17) is 4.42 Å². The smallest absolute Gasteiger partial charge is 0.138 e. The van der Waals surface area contributed by atoms with Crippen LogP contribution in [0.15, 0.2) is 211 Å². The molecule has 0 saturated carbocycles. The number of fused-ring (bicyclic) bond motifs is 7. The van der Waals surface area contributed by atoms with E-state index in [0.717, 1.165) is 44.9 Å². The van der Waals surface area contributed by atoms with E-state index in [-0.39, 0.29) is 0 Å². The van der Waals surface area contributed by atoms with E-state index in [0.29, 0.717) is 0 Å². The minimum atomic E-state index is 0.899. The van der Waals surface area contributed by atoms with Gasteiger partial charge >= 0.3 is 0 Å². The summed E-state index contributed by atoms with van der Waals surface area (Å²) >= 11 is 0. The molecule has 1 aromatic heterocycles. The number of para-hydroxylation sites is 1. The van der Waals surface area contributed by atoms with E-state index < -0.39 is 0 Å². The van der Waals surface area contributed by atoms with E-state index in [1.165, 1.54) is 65.3 Å². The highest BCUT2D eigenvalue weighted by atomic mass is 16.3. The summed E-state index contributed by atoms with van der Waals surface area (Å²) in [5.41, 5.74) is 11.1. The fourth-order valence-electron chi connectivity index (χ4n) is 8.76. The Bertz CT molecular complexity index is 3300. The molecule has 0 fully saturated rings. The summed E-state index contributed by atoms with van der Waals surface area (Å²) in [6, 6.07) is 74.6. The second-order valence-corrected chi connectivity index (χ2v) is 14.9. The highest BCUT2D eigenvalue weighted by molar-refractivity contribution is 6.14. The minimum Gasteiger partial charge on any atom is -0.456 e. The molecule has 11 rings (SSSR count). The Kier molecular flexibility index (Phi) is 7.75. The first-order chi connectivity index (χ1) is 28.2. The van der Waals surface area contributed by atoms with Crippen molar-refractivity contribution in [2.75, 3.05) is 4.90 Å². The normalized spacial score (nSPS) is 11.6. The van der Waals surface area contributed by atoms with Crippen LogP contribution in [0.5, 0.6) is 0 Å². The maximum atomic E-state index is 6.46. The maximum absolute atomic E-state index is 6.46. The molecule has 0 saturated heterocycles. The summed E-state index contributed by atoms with van der Waals surface area (Å²) < 4.78 is 6.46. The van der Waals surface area contributed by atoms with Crippen molar-refractivity contribution in [2.45, 2.75) is 6.92 Å². The van der Waals surface area contributed by atoms with Gasteiger partial charge in [0.2, 0.25) is 0 Å². The first-order valence-corrected chi connectivity index (χ1v) is 19.6. The maximum Gasteiger partial charge on any atom is 0.138 e. The number of hydrogen-bond acceptors (Lipinski definition) is 2. The quantitative estimate of drug-likeness (QED) is 0.159. The molecule has 268 valence electrons. The van der Waals surface area contributed by atoms with Crippen molar-refractivity contribution < 1.29 is 4.42 Å². The van der Waals surface area contributed by atoms with Gasteiger partial charge < -0.3 is 9.32 Å². The molecule has 0 N–H and O–H groups in total. The monoisotopic (exact) mass is 727 g/mol. The largest absolute Gasteiger partial charge is 0.456 e. The lowest BCUT2D eigenvalue weighted by molar-refractivity contribution is 0.629. The molecule has 1 heterocycles. The molecular weight excluding hydrogens is 691 g/mol. The first kappa shape index (κ1) is 33.0. The van der Waals surface area contributed by atoms with Gasteiger partial charge in [0, 0.05) is 33.6 Å². The van der Waals surface area contributed by atoms with Gasteiger partial charge in [0.25, 0.3) is 0 Å². The Labute approximate surface area is 331 Å². The predicted molar refractivity (Wildman–Crippen MR) is 242 cm³/mol. The average Bonchev–Trinajstić information content (AvgIpc) is 3.62. The lowest BCUT2D eigenvalue weighted by atomic mass is 9.93. The Hall–Kier alpha value is -7.42. The standard InChI is InChI=1S/C55H37NO/c1-36-47-15-8-9-20-54(47)57-55(36)43-13-10-14-46(34-43)56(44-28-23-37(24-29-44)40-27-32-50-42(33-40)22-21-38-11-2-4-16-48(38)50)45-30-25-39(26-31-45)53-35-41-12-3-5-17-49(41)51-18-6-7-19-52(51)53/h2-35H,1H3. The molecule has 10 aromatic carbocycles. The van der Waals surface area contributed by atoms with Crippen LogP contribution in [0.2, 0.25) is 0 Å². The molecule has 0 atom stereocenters. The van der Waals surface area contributed by atoms with Crippen LogP contribution in [0.25, 0.3) is 87.6 Å². The highest BCUT2D eigenvalue weighted by Crippen LogP contribution is 2.42. The summed E-state index contributed by atoms with van der Waals surface area (Å²) in [5, 5.41) is 11.3. The molecule has 0 aliphatic carbocycles. The Morgan fingerprint density at radius 1 is 0.333 bits per heavy atom. The zero-order chi connectivity index (χ0) is 37.9. The van der Waals surface area contributed by atoms with Crippen LogP contribution < -0.4 is 4.90 Å². The van der Waals surface area contributed by atoms with Crippen molar-refractivity contribution in [3.05, 3.63) is 212 Å². The lowest BCUT2D eigenvalue weighted by Crippen LogP contribution is -2.10. The van der Waals surface area contributed by atoms with E-state index >= 15 is 0 Å². The van der Waals surface area contributed by atoms with Crippen molar-refractivity contribution in [1.82, 2.24) is 0 Å². The van der Waals surface area contributed by atoms with Gasteiger partial charge in [-0.3, -0.25) is 0 Å². The number of hydrogen-bond donors (Lipinski definition) is 0.